The summed E-state index contributed by atoms with van der Waals surface area (Å²) in [5.74, 6) is -0.360. The number of anilines is 1. The number of carbonyl (C=O) groups is 1. The van der Waals surface area contributed by atoms with Crippen molar-refractivity contribution in [2.24, 2.45) is 0 Å². The first kappa shape index (κ1) is 8.07. The maximum atomic E-state index is 11.0. The molecular formula is C7H9NO2S. The van der Waals surface area contributed by atoms with E-state index in [0.29, 0.717) is 10.6 Å². The van der Waals surface area contributed by atoms with Gasteiger partial charge in [-0.15, -0.1) is 11.3 Å². The van der Waals surface area contributed by atoms with Crippen molar-refractivity contribution in [3.05, 3.63) is 16.5 Å². The van der Waals surface area contributed by atoms with Gasteiger partial charge in [-0.25, -0.2) is 4.79 Å². The highest BCUT2D eigenvalue weighted by molar-refractivity contribution is 7.14. The molecule has 60 valence electrons. The first-order chi connectivity index (χ1) is 5.16. The number of hydrogen-bond acceptors (Lipinski definition) is 4. The molecule has 0 atom stereocenters. The molecule has 1 aromatic heterocycles. The Labute approximate surface area is 68.8 Å². The number of nitrogen functional groups attached to an aromatic ring is 1. The molecule has 11 heavy (non-hydrogen) atoms. The molecule has 1 heterocycles. The molecule has 0 unspecified atom stereocenters. The highest BCUT2D eigenvalue weighted by Crippen LogP contribution is 2.24. The summed E-state index contributed by atoms with van der Waals surface area (Å²) >= 11 is 1.35. The number of aryl methyl sites for hydroxylation is 1. The van der Waals surface area contributed by atoms with E-state index in [2.05, 4.69) is 4.74 Å². The van der Waals surface area contributed by atoms with Gasteiger partial charge in [-0.1, -0.05) is 0 Å². The van der Waals surface area contributed by atoms with E-state index in [4.69, 9.17) is 5.73 Å². The van der Waals surface area contributed by atoms with Gasteiger partial charge in [0, 0.05) is 0 Å². The van der Waals surface area contributed by atoms with E-state index in [-0.39, 0.29) is 5.97 Å². The molecule has 0 spiro atoms. The Morgan fingerprint density at radius 2 is 2.36 bits per heavy atom. The fourth-order valence-electron chi connectivity index (χ4n) is 0.828. The summed E-state index contributed by atoms with van der Waals surface area (Å²) < 4.78 is 4.54. The molecule has 0 aliphatic rings. The lowest BCUT2D eigenvalue weighted by atomic mass is 10.2. The van der Waals surface area contributed by atoms with Gasteiger partial charge in [0.05, 0.1) is 12.7 Å². The number of esters is 1. The third kappa shape index (κ3) is 1.35. The summed E-state index contributed by atoms with van der Waals surface area (Å²) in [7, 11) is 1.35. The second-order valence-electron chi connectivity index (χ2n) is 2.15. The first-order valence-electron chi connectivity index (χ1n) is 3.08. The van der Waals surface area contributed by atoms with Crippen LogP contribution in [0.1, 0.15) is 15.9 Å². The molecule has 0 radical (unpaired) electrons. The van der Waals surface area contributed by atoms with Crippen LogP contribution in [0.15, 0.2) is 5.38 Å². The van der Waals surface area contributed by atoms with Crippen LogP contribution in [0.5, 0.6) is 0 Å². The molecule has 3 nitrogen and oxygen atoms in total. The second-order valence-corrected chi connectivity index (χ2v) is 3.06. The van der Waals surface area contributed by atoms with Crippen molar-refractivity contribution in [3.63, 3.8) is 0 Å². The summed E-state index contributed by atoms with van der Waals surface area (Å²) in [6, 6.07) is 0. The van der Waals surface area contributed by atoms with Gasteiger partial charge in [0.15, 0.2) is 0 Å². The van der Waals surface area contributed by atoms with Crippen LogP contribution in [-0.2, 0) is 4.74 Å². The lowest BCUT2D eigenvalue weighted by Crippen LogP contribution is -2.04. The van der Waals surface area contributed by atoms with Crippen molar-refractivity contribution >= 4 is 22.3 Å². The second kappa shape index (κ2) is 2.92. The van der Waals surface area contributed by atoms with Crippen LogP contribution in [0.2, 0.25) is 0 Å². The van der Waals surface area contributed by atoms with Gasteiger partial charge in [-0.3, -0.25) is 0 Å². The fraction of sp³-hybridized carbons (Fsp3) is 0.286. The molecule has 1 aromatic rings. The summed E-state index contributed by atoms with van der Waals surface area (Å²) in [5, 5.41) is 2.36. The number of ether oxygens (including phenoxy) is 1. The zero-order chi connectivity index (χ0) is 8.43. The zero-order valence-electron chi connectivity index (χ0n) is 6.38. The van der Waals surface area contributed by atoms with E-state index in [9.17, 15) is 4.79 Å². The molecule has 0 aliphatic carbocycles. The summed E-state index contributed by atoms with van der Waals surface area (Å²) in [4.78, 5) is 11.0. The minimum absolute atomic E-state index is 0.360. The number of carbonyl (C=O) groups excluding carboxylic acids is 1. The SMILES string of the molecule is COC(=O)c1c(C)csc1N. The Morgan fingerprint density at radius 1 is 1.73 bits per heavy atom. The zero-order valence-corrected chi connectivity index (χ0v) is 7.20. The van der Waals surface area contributed by atoms with Crippen molar-refractivity contribution in [3.8, 4) is 0 Å². The molecule has 0 amide bonds. The summed E-state index contributed by atoms with van der Waals surface area (Å²) in [5.41, 5.74) is 6.91. The molecule has 0 aliphatic heterocycles. The first-order valence-corrected chi connectivity index (χ1v) is 3.96. The molecule has 1 rings (SSSR count). The third-order valence-electron chi connectivity index (χ3n) is 1.39. The van der Waals surface area contributed by atoms with Gasteiger partial charge < -0.3 is 10.5 Å². The van der Waals surface area contributed by atoms with E-state index >= 15 is 0 Å². The van der Waals surface area contributed by atoms with Crippen molar-refractivity contribution in [2.45, 2.75) is 6.92 Å². The molecule has 4 heteroatoms. The van der Waals surface area contributed by atoms with Crippen LogP contribution in [0.4, 0.5) is 5.00 Å². The predicted octanol–water partition coefficient (Wildman–Crippen LogP) is 1.43. The van der Waals surface area contributed by atoms with Gasteiger partial charge in [0.1, 0.15) is 5.00 Å². The lowest BCUT2D eigenvalue weighted by molar-refractivity contribution is 0.0601. The largest absolute Gasteiger partial charge is 0.465 e. The fourth-order valence-corrected chi connectivity index (χ4v) is 1.61. The minimum Gasteiger partial charge on any atom is -0.465 e. The van der Waals surface area contributed by atoms with Crippen LogP contribution >= 0.6 is 11.3 Å². The highest BCUT2D eigenvalue weighted by atomic mass is 32.1. The minimum atomic E-state index is -0.360. The number of methoxy groups -OCH3 is 1. The van der Waals surface area contributed by atoms with Gasteiger partial charge in [0.25, 0.3) is 0 Å². The van der Waals surface area contributed by atoms with Crippen molar-refractivity contribution in [1.29, 1.82) is 0 Å². The Morgan fingerprint density at radius 3 is 2.73 bits per heavy atom. The van der Waals surface area contributed by atoms with E-state index < -0.39 is 0 Å². The average molecular weight is 171 g/mol. The van der Waals surface area contributed by atoms with Crippen LogP contribution in [0.25, 0.3) is 0 Å². The topological polar surface area (TPSA) is 52.3 Å². The third-order valence-corrected chi connectivity index (χ3v) is 2.32. The van der Waals surface area contributed by atoms with Crippen LogP contribution < -0.4 is 5.73 Å². The number of thiophene rings is 1. The Bertz CT molecular complexity index is 260. The van der Waals surface area contributed by atoms with Crippen LogP contribution in [0.3, 0.4) is 0 Å². The molecule has 0 saturated carbocycles. The highest BCUT2D eigenvalue weighted by Gasteiger charge is 2.14. The maximum Gasteiger partial charge on any atom is 0.341 e. The van der Waals surface area contributed by atoms with Crippen LogP contribution in [-0.4, -0.2) is 13.1 Å². The van der Waals surface area contributed by atoms with Crippen LogP contribution in [0, 0.1) is 6.92 Å². The number of nitrogens with two attached hydrogens (primary N) is 1. The van der Waals surface area contributed by atoms with Gasteiger partial charge in [-0.05, 0) is 17.9 Å². The van der Waals surface area contributed by atoms with E-state index in [1.54, 1.807) is 0 Å². The van der Waals surface area contributed by atoms with E-state index in [1.807, 2.05) is 12.3 Å². The maximum absolute atomic E-state index is 11.0. The molecule has 0 bridgehead atoms. The van der Waals surface area contributed by atoms with Crippen molar-refractivity contribution in [1.82, 2.24) is 0 Å². The number of hydrogen-bond donors (Lipinski definition) is 1. The predicted molar refractivity (Wildman–Crippen MR) is 44.8 cm³/mol. The van der Waals surface area contributed by atoms with Crippen molar-refractivity contribution in [2.75, 3.05) is 12.8 Å². The average Bonchev–Trinajstić information content (AvgIpc) is 2.30. The normalized spacial score (nSPS) is 9.64. The van der Waals surface area contributed by atoms with Gasteiger partial charge >= 0.3 is 5.97 Å². The van der Waals surface area contributed by atoms with Gasteiger partial charge in [-0.2, -0.15) is 0 Å². The molecule has 0 aromatic carbocycles. The quantitative estimate of drug-likeness (QED) is 0.650. The summed E-state index contributed by atoms with van der Waals surface area (Å²) in [6.45, 7) is 1.83. The number of rotatable bonds is 1. The molecule has 0 saturated heterocycles. The summed E-state index contributed by atoms with van der Waals surface area (Å²) in [6.07, 6.45) is 0. The standard InChI is InChI=1S/C7H9NO2S/c1-4-3-11-6(8)5(4)7(9)10-2/h3H,8H2,1-2H3. The monoisotopic (exact) mass is 171 g/mol. The molecule has 2 N–H and O–H groups in total. The van der Waals surface area contributed by atoms with E-state index in [1.165, 1.54) is 18.4 Å². The molecular weight excluding hydrogens is 162 g/mol. The Balaban J connectivity index is 3.10. The Kier molecular flexibility index (Phi) is 2.14. The van der Waals surface area contributed by atoms with E-state index in [0.717, 1.165) is 5.56 Å². The van der Waals surface area contributed by atoms with Gasteiger partial charge in [0.2, 0.25) is 0 Å². The smallest absolute Gasteiger partial charge is 0.341 e. The van der Waals surface area contributed by atoms with Crippen molar-refractivity contribution < 1.29 is 9.53 Å². The molecule has 0 fully saturated rings. The lowest BCUT2D eigenvalue weighted by Gasteiger charge is -1.97. The Hall–Kier alpha value is -1.03.